The Morgan fingerprint density at radius 2 is 2.06 bits per heavy atom. The third-order valence-electron chi connectivity index (χ3n) is 2.55. The molecule has 5 nitrogen and oxygen atoms in total. The van der Waals surface area contributed by atoms with Gasteiger partial charge in [-0.1, -0.05) is 27.7 Å². The summed E-state index contributed by atoms with van der Waals surface area (Å²) in [6, 6.07) is 0. The summed E-state index contributed by atoms with van der Waals surface area (Å²) in [5.41, 5.74) is 0. The van der Waals surface area contributed by atoms with Crippen molar-refractivity contribution >= 4 is 22.6 Å². The maximum Gasteiger partial charge on any atom is 0.308 e. The number of carboxylic acids is 1. The number of nitrogens with zero attached hydrogens (tertiary/aromatic N) is 2. The van der Waals surface area contributed by atoms with E-state index in [1.54, 1.807) is 0 Å². The van der Waals surface area contributed by atoms with E-state index in [0.29, 0.717) is 17.6 Å². The van der Waals surface area contributed by atoms with E-state index in [0.717, 1.165) is 5.82 Å². The highest BCUT2D eigenvalue weighted by Crippen LogP contribution is 2.19. The number of nitrogens with one attached hydrogen (secondary N) is 1. The molecule has 96 valence electrons. The Bertz CT molecular complexity index is 377. The van der Waals surface area contributed by atoms with E-state index >= 15 is 0 Å². The Morgan fingerprint density at radius 3 is 2.47 bits per heavy atom. The molecule has 1 rings (SSSR count). The summed E-state index contributed by atoms with van der Waals surface area (Å²) in [6.45, 7) is 8.25. The number of carbonyl (C=O) groups is 1. The number of anilines is 1. The van der Waals surface area contributed by atoms with Crippen LogP contribution in [-0.2, 0) is 4.79 Å². The number of aliphatic carboxylic acids is 1. The van der Waals surface area contributed by atoms with Gasteiger partial charge in [0.1, 0.15) is 5.82 Å². The fourth-order valence-corrected chi connectivity index (χ4v) is 2.06. The van der Waals surface area contributed by atoms with E-state index in [-0.39, 0.29) is 5.92 Å². The third-order valence-corrected chi connectivity index (χ3v) is 3.24. The quantitative estimate of drug-likeness (QED) is 0.818. The van der Waals surface area contributed by atoms with Gasteiger partial charge in [0, 0.05) is 24.0 Å². The van der Waals surface area contributed by atoms with Gasteiger partial charge in [-0.3, -0.25) is 4.79 Å². The first-order valence-corrected chi connectivity index (χ1v) is 6.49. The van der Waals surface area contributed by atoms with E-state index in [4.69, 9.17) is 5.11 Å². The number of carboxylic acid groups (broad SMARTS) is 1. The van der Waals surface area contributed by atoms with Gasteiger partial charge in [-0.05, 0) is 5.92 Å². The number of rotatable bonds is 6. The van der Waals surface area contributed by atoms with Crippen LogP contribution in [0.2, 0.25) is 0 Å². The molecule has 0 aliphatic heterocycles. The van der Waals surface area contributed by atoms with E-state index in [2.05, 4.69) is 14.7 Å². The molecule has 17 heavy (non-hydrogen) atoms. The number of hydrogen-bond acceptors (Lipinski definition) is 5. The molecule has 0 spiro atoms. The first kappa shape index (κ1) is 13.9. The number of hydrogen-bond donors (Lipinski definition) is 2. The topological polar surface area (TPSA) is 75.1 Å². The van der Waals surface area contributed by atoms with Crippen LogP contribution in [0.1, 0.15) is 39.4 Å². The zero-order valence-electron chi connectivity index (χ0n) is 10.6. The molecule has 0 saturated carbocycles. The highest BCUT2D eigenvalue weighted by molar-refractivity contribution is 7.09. The molecular formula is C11H19N3O2S. The van der Waals surface area contributed by atoms with Crippen molar-refractivity contribution in [2.75, 3.05) is 11.9 Å². The van der Waals surface area contributed by atoms with Crippen molar-refractivity contribution < 1.29 is 9.90 Å². The Kier molecular flexibility index (Phi) is 4.86. The maximum absolute atomic E-state index is 11.0. The largest absolute Gasteiger partial charge is 0.481 e. The van der Waals surface area contributed by atoms with Crippen molar-refractivity contribution in [3.63, 3.8) is 0 Å². The van der Waals surface area contributed by atoms with Crippen molar-refractivity contribution in [3.05, 3.63) is 5.82 Å². The average Bonchev–Trinajstić information content (AvgIpc) is 2.65. The molecule has 0 saturated heterocycles. The monoisotopic (exact) mass is 257 g/mol. The van der Waals surface area contributed by atoms with E-state index in [9.17, 15) is 4.79 Å². The molecule has 0 aromatic carbocycles. The van der Waals surface area contributed by atoms with Crippen LogP contribution < -0.4 is 5.32 Å². The molecule has 0 aliphatic carbocycles. The predicted molar refractivity (Wildman–Crippen MR) is 68.5 cm³/mol. The Balaban J connectivity index is 2.56. The van der Waals surface area contributed by atoms with E-state index in [1.807, 2.05) is 27.7 Å². The molecule has 0 bridgehead atoms. The minimum absolute atomic E-state index is 0.0949. The lowest BCUT2D eigenvalue weighted by atomic mass is 9.96. The summed E-state index contributed by atoms with van der Waals surface area (Å²) in [5.74, 6) is 0.0103. The molecule has 0 aliphatic rings. The molecule has 6 heteroatoms. The molecule has 1 aromatic rings. The van der Waals surface area contributed by atoms with Crippen LogP contribution in [0.25, 0.3) is 0 Å². The zero-order chi connectivity index (χ0) is 13.0. The Labute approximate surface area is 105 Å². The second-order valence-corrected chi connectivity index (χ2v) is 5.43. The highest BCUT2D eigenvalue weighted by Gasteiger charge is 2.21. The summed E-state index contributed by atoms with van der Waals surface area (Å²) in [7, 11) is 0. The second kappa shape index (κ2) is 5.95. The normalized spacial score (nSPS) is 13.1. The number of aromatic nitrogens is 2. The van der Waals surface area contributed by atoms with E-state index < -0.39 is 11.9 Å². The molecule has 0 amide bonds. The minimum Gasteiger partial charge on any atom is -0.481 e. The van der Waals surface area contributed by atoms with Crippen LogP contribution in [0.3, 0.4) is 0 Å². The molecular weight excluding hydrogens is 238 g/mol. The van der Waals surface area contributed by atoms with Gasteiger partial charge in [-0.25, -0.2) is 4.98 Å². The van der Waals surface area contributed by atoms with Crippen molar-refractivity contribution in [3.8, 4) is 0 Å². The molecule has 1 atom stereocenters. The van der Waals surface area contributed by atoms with Crippen LogP contribution in [0.5, 0.6) is 0 Å². The molecule has 1 aromatic heterocycles. The van der Waals surface area contributed by atoms with Gasteiger partial charge >= 0.3 is 5.97 Å². The highest BCUT2D eigenvalue weighted by atomic mass is 32.1. The lowest BCUT2D eigenvalue weighted by Crippen LogP contribution is -2.27. The maximum atomic E-state index is 11.0. The smallest absolute Gasteiger partial charge is 0.308 e. The van der Waals surface area contributed by atoms with Crippen LogP contribution in [0.4, 0.5) is 5.13 Å². The molecule has 2 N–H and O–H groups in total. The van der Waals surface area contributed by atoms with Gasteiger partial charge < -0.3 is 10.4 Å². The summed E-state index contributed by atoms with van der Waals surface area (Å²) in [6.07, 6.45) is 0. The van der Waals surface area contributed by atoms with Crippen molar-refractivity contribution in [2.24, 2.45) is 11.8 Å². The first-order chi connectivity index (χ1) is 7.91. The van der Waals surface area contributed by atoms with E-state index in [1.165, 1.54) is 11.5 Å². The van der Waals surface area contributed by atoms with Crippen LogP contribution in [0.15, 0.2) is 0 Å². The van der Waals surface area contributed by atoms with Crippen molar-refractivity contribution in [1.29, 1.82) is 0 Å². The average molecular weight is 257 g/mol. The van der Waals surface area contributed by atoms with Crippen LogP contribution >= 0.6 is 11.5 Å². The molecule has 1 unspecified atom stereocenters. The predicted octanol–water partition coefficient (Wildman–Crippen LogP) is 2.43. The van der Waals surface area contributed by atoms with Crippen molar-refractivity contribution in [2.45, 2.75) is 33.6 Å². The summed E-state index contributed by atoms with van der Waals surface area (Å²) < 4.78 is 4.20. The molecule has 0 fully saturated rings. The Morgan fingerprint density at radius 1 is 1.41 bits per heavy atom. The standard InChI is InChI=1S/C11H19N3O2S/c1-6(2)8(10(15)16)5-12-11-13-9(7(3)4)14-17-11/h6-8H,5H2,1-4H3,(H,15,16)(H,12,13,14). The molecule has 1 heterocycles. The second-order valence-electron chi connectivity index (χ2n) is 4.68. The Hall–Kier alpha value is -1.17. The SMILES string of the molecule is CC(C)c1nsc(NCC(C(=O)O)C(C)C)n1. The van der Waals surface area contributed by atoms with Gasteiger partial charge in [0.25, 0.3) is 0 Å². The zero-order valence-corrected chi connectivity index (χ0v) is 11.4. The lowest BCUT2D eigenvalue weighted by Gasteiger charge is -2.15. The van der Waals surface area contributed by atoms with Gasteiger partial charge in [0.2, 0.25) is 5.13 Å². The fraction of sp³-hybridized carbons (Fsp3) is 0.727. The van der Waals surface area contributed by atoms with Gasteiger partial charge in [0.15, 0.2) is 0 Å². The lowest BCUT2D eigenvalue weighted by molar-refractivity contribution is -0.142. The summed E-state index contributed by atoms with van der Waals surface area (Å²) in [5, 5.41) is 12.8. The third kappa shape index (κ3) is 3.96. The fourth-order valence-electron chi connectivity index (χ4n) is 1.35. The minimum atomic E-state index is -0.777. The summed E-state index contributed by atoms with van der Waals surface area (Å²) >= 11 is 1.28. The summed E-state index contributed by atoms with van der Waals surface area (Å²) in [4.78, 5) is 15.3. The molecule has 0 radical (unpaired) electrons. The van der Waals surface area contributed by atoms with Crippen molar-refractivity contribution in [1.82, 2.24) is 9.36 Å². The van der Waals surface area contributed by atoms with Gasteiger partial charge in [-0.2, -0.15) is 4.37 Å². The first-order valence-electron chi connectivity index (χ1n) is 5.72. The van der Waals surface area contributed by atoms with Crippen LogP contribution in [-0.4, -0.2) is 27.0 Å². The van der Waals surface area contributed by atoms with Crippen LogP contribution in [0, 0.1) is 11.8 Å². The van der Waals surface area contributed by atoms with Gasteiger partial charge in [0.05, 0.1) is 5.92 Å². The van der Waals surface area contributed by atoms with Gasteiger partial charge in [-0.15, -0.1) is 0 Å².